The number of likely N-dealkylation sites (N-methyl/N-ethyl adjacent to an activating group) is 1. The zero-order valence-electron chi connectivity index (χ0n) is 14.8. The number of nitrogens with one attached hydrogen (secondary N) is 1. The minimum Gasteiger partial charge on any atom is -0.373 e. The van der Waals surface area contributed by atoms with Gasteiger partial charge in [0.15, 0.2) is 0 Å². The monoisotopic (exact) mass is 343 g/mol. The van der Waals surface area contributed by atoms with E-state index in [1.807, 2.05) is 36.0 Å². The predicted molar refractivity (Wildman–Crippen MR) is 93.9 cm³/mol. The molecule has 7 heteroatoms. The largest absolute Gasteiger partial charge is 0.373 e. The molecule has 1 amide bonds. The van der Waals surface area contributed by atoms with E-state index in [1.54, 1.807) is 12.5 Å². The van der Waals surface area contributed by atoms with Crippen molar-refractivity contribution in [3.63, 3.8) is 0 Å². The Morgan fingerprint density at radius 2 is 2.28 bits per heavy atom. The summed E-state index contributed by atoms with van der Waals surface area (Å²) in [6.07, 6.45) is 6.39. The van der Waals surface area contributed by atoms with Crippen LogP contribution in [0.2, 0.25) is 0 Å². The summed E-state index contributed by atoms with van der Waals surface area (Å²) in [5.41, 5.74) is 2.02. The first-order valence-corrected chi connectivity index (χ1v) is 8.60. The highest BCUT2D eigenvalue weighted by Crippen LogP contribution is 2.27. The number of hydrogen-bond acceptors (Lipinski definition) is 5. The molecule has 1 fully saturated rings. The Hall–Kier alpha value is -2.25. The van der Waals surface area contributed by atoms with Crippen molar-refractivity contribution in [3.05, 3.63) is 48.3 Å². The molecule has 0 unspecified atom stereocenters. The van der Waals surface area contributed by atoms with Crippen LogP contribution in [0, 0.1) is 0 Å². The van der Waals surface area contributed by atoms with Crippen molar-refractivity contribution in [2.24, 2.45) is 7.05 Å². The van der Waals surface area contributed by atoms with Crippen molar-refractivity contribution in [2.75, 3.05) is 26.7 Å². The molecule has 3 heterocycles. The number of amides is 1. The summed E-state index contributed by atoms with van der Waals surface area (Å²) >= 11 is 0. The molecule has 0 aromatic carbocycles. The molecule has 134 valence electrons. The van der Waals surface area contributed by atoms with E-state index in [-0.39, 0.29) is 18.1 Å². The van der Waals surface area contributed by atoms with Gasteiger partial charge in [-0.2, -0.15) is 0 Å². The number of rotatable bonds is 6. The Morgan fingerprint density at radius 1 is 1.40 bits per heavy atom. The number of aromatic nitrogens is 3. The average molecular weight is 343 g/mol. The molecule has 2 aromatic rings. The van der Waals surface area contributed by atoms with Crippen LogP contribution < -0.4 is 5.32 Å². The third kappa shape index (κ3) is 4.43. The Morgan fingerprint density at radius 3 is 3.00 bits per heavy atom. The lowest BCUT2D eigenvalue weighted by atomic mass is 10.0. The summed E-state index contributed by atoms with van der Waals surface area (Å²) in [5.74, 6) is 0.0197. The van der Waals surface area contributed by atoms with Crippen LogP contribution in [0.4, 0.5) is 0 Å². The van der Waals surface area contributed by atoms with Gasteiger partial charge in [0.25, 0.3) is 0 Å². The zero-order valence-corrected chi connectivity index (χ0v) is 14.8. The van der Waals surface area contributed by atoms with Gasteiger partial charge < -0.3 is 14.6 Å². The standard InChI is InChI=1S/C18H25N5O2/c1-22-9-10-25-16(18(22)15-11-19-13-23(15)2)12-21-17(24)7-6-14-5-3-4-8-20-14/h3-5,8,11,13,16,18H,6-7,9-10,12H2,1-2H3,(H,21,24)/t16-,18-/m0/s1. The Kier molecular flexibility index (Phi) is 5.78. The van der Waals surface area contributed by atoms with Crippen molar-refractivity contribution in [3.8, 4) is 0 Å². The van der Waals surface area contributed by atoms with Crippen LogP contribution >= 0.6 is 0 Å². The number of morpholine rings is 1. The molecular weight excluding hydrogens is 318 g/mol. The van der Waals surface area contributed by atoms with Crippen molar-refractivity contribution >= 4 is 5.91 Å². The van der Waals surface area contributed by atoms with E-state index in [1.165, 1.54) is 0 Å². The second kappa shape index (κ2) is 8.22. The smallest absolute Gasteiger partial charge is 0.220 e. The topological polar surface area (TPSA) is 72.3 Å². The minimum atomic E-state index is -0.0899. The number of carbonyl (C=O) groups is 1. The summed E-state index contributed by atoms with van der Waals surface area (Å²) < 4.78 is 7.95. The number of ether oxygens (including phenoxy) is 1. The molecule has 0 radical (unpaired) electrons. The lowest BCUT2D eigenvalue weighted by molar-refractivity contribution is -0.123. The van der Waals surface area contributed by atoms with Crippen LogP contribution in [-0.4, -0.2) is 58.2 Å². The van der Waals surface area contributed by atoms with Crippen LogP contribution in [0.5, 0.6) is 0 Å². The lowest BCUT2D eigenvalue weighted by Crippen LogP contribution is -2.48. The van der Waals surface area contributed by atoms with Crippen molar-refractivity contribution in [2.45, 2.75) is 25.0 Å². The van der Waals surface area contributed by atoms with Gasteiger partial charge in [-0.05, 0) is 25.6 Å². The van der Waals surface area contributed by atoms with Gasteiger partial charge in [0.2, 0.25) is 5.91 Å². The Bertz CT molecular complexity index is 688. The van der Waals surface area contributed by atoms with E-state index in [4.69, 9.17) is 4.74 Å². The molecular formula is C18H25N5O2. The second-order valence-electron chi connectivity index (χ2n) is 6.39. The minimum absolute atomic E-state index is 0.0197. The van der Waals surface area contributed by atoms with Gasteiger partial charge in [-0.1, -0.05) is 6.07 Å². The fraction of sp³-hybridized carbons (Fsp3) is 0.500. The Labute approximate surface area is 148 Å². The van der Waals surface area contributed by atoms with Gasteiger partial charge in [-0.25, -0.2) is 4.98 Å². The number of imidazole rings is 1. The summed E-state index contributed by atoms with van der Waals surface area (Å²) in [7, 11) is 4.06. The van der Waals surface area contributed by atoms with Gasteiger partial charge in [0.05, 0.1) is 30.8 Å². The Balaban J connectivity index is 1.55. The van der Waals surface area contributed by atoms with Crippen molar-refractivity contribution < 1.29 is 9.53 Å². The van der Waals surface area contributed by atoms with Crippen molar-refractivity contribution in [1.29, 1.82) is 0 Å². The molecule has 1 aliphatic rings. The molecule has 25 heavy (non-hydrogen) atoms. The second-order valence-corrected chi connectivity index (χ2v) is 6.39. The maximum atomic E-state index is 12.2. The third-order valence-electron chi connectivity index (χ3n) is 4.59. The maximum absolute atomic E-state index is 12.2. The summed E-state index contributed by atoms with van der Waals surface area (Å²) in [4.78, 5) is 22.9. The lowest BCUT2D eigenvalue weighted by Gasteiger charge is -2.39. The number of hydrogen-bond donors (Lipinski definition) is 1. The third-order valence-corrected chi connectivity index (χ3v) is 4.59. The van der Waals surface area contributed by atoms with Crippen LogP contribution in [0.3, 0.4) is 0 Å². The number of aryl methyl sites for hydroxylation is 2. The highest BCUT2D eigenvalue weighted by Gasteiger charge is 2.33. The molecule has 3 rings (SSSR count). The summed E-state index contributed by atoms with van der Waals surface area (Å²) in [5, 5.41) is 3.01. The first-order valence-electron chi connectivity index (χ1n) is 8.60. The van der Waals surface area contributed by atoms with E-state index in [0.29, 0.717) is 26.0 Å². The molecule has 2 atom stereocenters. The molecule has 0 saturated carbocycles. The molecule has 2 aromatic heterocycles. The summed E-state index contributed by atoms with van der Waals surface area (Å²) in [6.45, 7) is 2.01. The van der Waals surface area contributed by atoms with Gasteiger partial charge in [-0.15, -0.1) is 0 Å². The van der Waals surface area contributed by atoms with E-state index in [0.717, 1.165) is 17.9 Å². The zero-order chi connectivity index (χ0) is 17.6. The van der Waals surface area contributed by atoms with Crippen molar-refractivity contribution in [1.82, 2.24) is 24.8 Å². The molecule has 1 saturated heterocycles. The first-order chi connectivity index (χ1) is 12.1. The molecule has 0 spiro atoms. The fourth-order valence-corrected chi connectivity index (χ4v) is 3.19. The maximum Gasteiger partial charge on any atom is 0.220 e. The number of nitrogens with zero attached hydrogens (tertiary/aromatic N) is 4. The normalized spacial score (nSPS) is 21.2. The molecule has 1 aliphatic heterocycles. The van der Waals surface area contributed by atoms with E-state index >= 15 is 0 Å². The van der Waals surface area contributed by atoms with Gasteiger partial charge in [-0.3, -0.25) is 14.7 Å². The average Bonchev–Trinajstić information content (AvgIpc) is 3.04. The molecule has 1 N–H and O–H groups in total. The predicted octanol–water partition coefficient (Wildman–Crippen LogP) is 0.936. The van der Waals surface area contributed by atoms with Crippen LogP contribution in [0.25, 0.3) is 0 Å². The summed E-state index contributed by atoms with van der Waals surface area (Å²) in [6, 6.07) is 5.83. The van der Waals surface area contributed by atoms with Crippen LogP contribution in [-0.2, 0) is 23.0 Å². The van der Waals surface area contributed by atoms with Gasteiger partial charge in [0.1, 0.15) is 0 Å². The van der Waals surface area contributed by atoms with E-state index < -0.39 is 0 Å². The number of pyridine rings is 1. The fourth-order valence-electron chi connectivity index (χ4n) is 3.19. The first kappa shape index (κ1) is 17.6. The molecule has 0 bridgehead atoms. The van der Waals surface area contributed by atoms with Crippen LogP contribution in [0.15, 0.2) is 36.9 Å². The highest BCUT2D eigenvalue weighted by atomic mass is 16.5. The quantitative estimate of drug-likeness (QED) is 0.845. The molecule has 7 nitrogen and oxygen atoms in total. The highest BCUT2D eigenvalue weighted by molar-refractivity contribution is 5.76. The van der Waals surface area contributed by atoms with Crippen LogP contribution in [0.1, 0.15) is 23.9 Å². The molecule has 0 aliphatic carbocycles. The SMILES string of the molecule is CN1CCO[C@@H](CNC(=O)CCc2ccccn2)[C@@H]1c1cncn1C. The van der Waals surface area contributed by atoms with E-state index in [2.05, 4.69) is 27.2 Å². The van der Waals surface area contributed by atoms with Gasteiger partial charge >= 0.3 is 0 Å². The number of carbonyl (C=O) groups excluding carboxylic acids is 1. The van der Waals surface area contributed by atoms with E-state index in [9.17, 15) is 4.79 Å². The van der Waals surface area contributed by atoms with Gasteiger partial charge in [0, 0.05) is 44.6 Å².